The number of carbonyl (C=O) groups excluding carboxylic acids is 1. The second kappa shape index (κ2) is 4.62. The van der Waals surface area contributed by atoms with Gasteiger partial charge in [0.05, 0.1) is 28.6 Å². The maximum atomic E-state index is 11.7. The van der Waals surface area contributed by atoms with E-state index >= 15 is 0 Å². The van der Waals surface area contributed by atoms with E-state index in [4.69, 9.17) is 4.42 Å². The van der Waals surface area contributed by atoms with Crippen LogP contribution < -0.4 is 5.32 Å². The van der Waals surface area contributed by atoms with E-state index in [1.807, 2.05) is 24.3 Å². The smallest absolute Gasteiger partial charge is 0.254 e. The first kappa shape index (κ1) is 11.0. The van der Waals surface area contributed by atoms with Crippen molar-refractivity contribution in [1.29, 1.82) is 0 Å². The predicted octanol–water partition coefficient (Wildman–Crippen LogP) is 2.82. The van der Waals surface area contributed by atoms with Crippen molar-refractivity contribution in [3.8, 4) is 0 Å². The van der Waals surface area contributed by atoms with Crippen molar-refractivity contribution in [1.82, 2.24) is 10.3 Å². The third kappa shape index (κ3) is 2.12. The molecule has 0 atom stereocenters. The first-order valence-corrected chi connectivity index (χ1v) is 6.29. The normalized spacial score (nSPS) is 10.7. The number of fused-ring (bicyclic) bond motifs is 1. The number of amides is 1. The molecule has 5 heteroatoms. The van der Waals surface area contributed by atoms with Gasteiger partial charge in [-0.15, -0.1) is 11.3 Å². The average molecular weight is 258 g/mol. The summed E-state index contributed by atoms with van der Waals surface area (Å²) in [4.78, 5) is 16.1. The lowest BCUT2D eigenvalue weighted by Gasteiger charge is -1.99. The second-order valence-corrected chi connectivity index (χ2v) is 4.89. The highest BCUT2D eigenvalue weighted by molar-refractivity contribution is 7.18. The molecule has 0 bridgehead atoms. The third-order valence-electron chi connectivity index (χ3n) is 2.52. The Morgan fingerprint density at radius 1 is 1.33 bits per heavy atom. The zero-order chi connectivity index (χ0) is 12.4. The number of hydrogen-bond acceptors (Lipinski definition) is 4. The van der Waals surface area contributed by atoms with Crippen LogP contribution in [0, 0.1) is 0 Å². The lowest BCUT2D eigenvalue weighted by Crippen LogP contribution is -2.22. The van der Waals surface area contributed by atoms with Gasteiger partial charge >= 0.3 is 0 Å². The molecule has 0 spiro atoms. The number of nitrogens with zero attached hydrogens (tertiary/aromatic N) is 1. The number of hydrogen-bond donors (Lipinski definition) is 1. The molecule has 2 heterocycles. The van der Waals surface area contributed by atoms with Crippen LogP contribution in [0.4, 0.5) is 0 Å². The summed E-state index contributed by atoms with van der Waals surface area (Å²) in [7, 11) is 0. The highest BCUT2D eigenvalue weighted by Crippen LogP contribution is 2.21. The zero-order valence-electron chi connectivity index (χ0n) is 9.42. The fourth-order valence-corrected chi connectivity index (χ4v) is 2.55. The fourth-order valence-electron chi connectivity index (χ4n) is 1.65. The SMILES string of the molecule is O=C(NCc1nc2ccccc2s1)c1ccoc1. The molecule has 4 nitrogen and oxygen atoms in total. The van der Waals surface area contributed by atoms with Gasteiger partial charge in [-0.05, 0) is 18.2 Å². The van der Waals surface area contributed by atoms with Crippen LogP contribution in [0.25, 0.3) is 10.2 Å². The molecule has 0 saturated carbocycles. The maximum absolute atomic E-state index is 11.7. The minimum absolute atomic E-state index is 0.150. The molecule has 0 aliphatic carbocycles. The minimum atomic E-state index is -0.150. The highest BCUT2D eigenvalue weighted by atomic mass is 32.1. The van der Waals surface area contributed by atoms with Crippen LogP contribution in [0.15, 0.2) is 47.3 Å². The molecule has 0 aliphatic heterocycles. The Kier molecular flexibility index (Phi) is 2.82. The van der Waals surface area contributed by atoms with E-state index in [0.29, 0.717) is 12.1 Å². The van der Waals surface area contributed by atoms with Crippen LogP contribution in [-0.4, -0.2) is 10.9 Å². The van der Waals surface area contributed by atoms with Gasteiger partial charge in [0.15, 0.2) is 0 Å². The van der Waals surface area contributed by atoms with Gasteiger partial charge in [-0.3, -0.25) is 4.79 Å². The average Bonchev–Trinajstić information content (AvgIpc) is 3.04. The van der Waals surface area contributed by atoms with Crippen LogP contribution in [0.2, 0.25) is 0 Å². The van der Waals surface area contributed by atoms with E-state index in [0.717, 1.165) is 15.2 Å². The van der Waals surface area contributed by atoms with Gasteiger partial charge in [0, 0.05) is 0 Å². The highest BCUT2D eigenvalue weighted by Gasteiger charge is 2.08. The quantitative estimate of drug-likeness (QED) is 0.786. The number of para-hydroxylation sites is 1. The van der Waals surface area contributed by atoms with Crippen molar-refractivity contribution < 1.29 is 9.21 Å². The summed E-state index contributed by atoms with van der Waals surface area (Å²) in [5, 5.41) is 3.71. The predicted molar refractivity (Wildman–Crippen MR) is 69.5 cm³/mol. The Hall–Kier alpha value is -2.14. The van der Waals surface area contributed by atoms with Gasteiger partial charge in [-0.2, -0.15) is 0 Å². The number of rotatable bonds is 3. The van der Waals surface area contributed by atoms with Gasteiger partial charge in [-0.1, -0.05) is 12.1 Å². The van der Waals surface area contributed by atoms with Gasteiger partial charge in [0.2, 0.25) is 0 Å². The van der Waals surface area contributed by atoms with E-state index in [1.165, 1.54) is 12.5 Å². The summed E-state index contributed by atoms with van der Waals surface area (Å²) >= 11 is 1.59. The molecule has 1 aromatic carbocycles. The molecule has 3 aromatic rings. The zero-order valence-corrected chi connectivity index (χ0v) is 10.2. The van der Waals surface area contributed by atoms with E-state index in [1.54, 1.807) is 17.4 Å². The van der Waals surface area contributed by atoms with Crippen molar-refractivity contribution in [3.05, 3.63) is 53.4 Å². The van der Waals surface area contributed by atoms with Crippen molar-refractivity contribution in [3.63, 3.8) is 0 Å². The van der Waals surface area contributed by atoms with Crippen LogP contribution in [0.5, 0.6) is 0 Å². The Labute approximate surface area is 107 Å². The van der Waals surface area contributed by atoms with Crippen LogP contribution in [0.3, 0.4) is 0 Å². The van der Waals surface area contributed by atoms with Crippen molar-refractivity contribution in [2.75, 3.05) is 0 Å². The fraction of sp³-hybridized carbons (Fsp3) is 0.0769. The number of furan rings is 1. The second-order valence-electron chi connectivity index (χ2n) is 3.77. The van der Waals surface area contributed by atoms with Gasteiger partial charge in [0.1, 0.15) is 11.3 Å². The molecule has 90 valence electrons. The van der Waals surface area contributed by atoms with Crippen LogP contribution in [-0.2, 0) is 6.54 Å². The van der Waals surface area contributed by atoms with E-state index in [9.17, 15) is 4.79 Å². The van der Waals surface area contributed by atoms with Gasteiger partial charge < -0.3 is 9.73 Å². The Bertz CT molecular complexity index is 640. The topological polar surface area (TPSA) is 55.1 Å². The molecule has 0 saturated heterocycles. The first-order valence-electron chi connectivity index (χ1n) is 5.48. The van der Waals surface area contributed by atoms with E-state index < -0.39 is 0 Å². The number of benzene rings is 1. The monoisotopic (exact) mass is 258 g/mol. The molecule has 2 aromatic heterocycles. The van der Waals surface area contributed by atoms with Crippen molar-refractivity contribution in [2.45, 2.75) is 6.54 Å². The molecule has 1 N–H and O–H groups in total. The third-order valence-corrected chi connectivity index (χ3v) is 3.56. The number of thiazole rings is 1. The summed E-state index contributed by atoms with van der Waals surface area (Å²) < 4.78 is 5.99. The Balaban J connectivity index is 1.71. The Morgan fingerprint density at radius 2 is 2.22 bits per heavy atom. The molecule has 3 rings (SSSR count). The summed E-state index contributed by atoms with van der Waals surface area (Å²) in [6.45, 7) is 0.434. The van der Waals surface area contributed by atoms with E-state index in [-0.39, 0.29) is 5.91 Å². The molecule has 18 heavy (non-hydrogen) atoms. The van der Waals surface area contributed by atoms with Gasteiger partial charge in [0.25, 0.3) is 5.91 Å². The standard InChI is InChI=1S/C13H10N2O2S/c16-13(9-5-6-17-8-9)14-7-12-15-10-3-1-2-4-11(10)18-12/h1-6,8H,7H2,(H,14,16). The maximum Gasteiger partial charge on any atom is 0.254 e. The molecule has 0 unspecified atom stereocenters. The summed E-state index contributed by atoms with van der Waals surface area (Å²) in [5.41, 5.74) is 1.49. The molecule has 0 aliphatic rings. The Morgan fingerprint density at radius 3 is 3.00 bits per heavy atom. The lowest BCUT2D eigenvalue weighted by atomic mass is 10.3. The molecule has 0 fully saturated rings. The summed E-state index contributed by atoms with van der Waals surface area (Å²) in [6, 6.07) is 9.56. The minimum Gasteiger partial charge on any atom is -0.472 e. The summed E-state index contributed by atoms with van der Waals surface area (Å²) in [6.07, 6.45) is 2.90. The molecule has 1 amide bonds. The van der Waals surface area contributed by atoms with Crippen LogP contribution >= 0.6 is 11.3 Å². The number of aromatic nitrogens is 1. The first-order chi connectivity index (χ1) is 8.83. The van der Waals surface area contributed by atoms with Crippen LogP contribution in [0.1, 0.15) is 15.4 Å². The van der Waals surface area contributed by atoms with Gasteiger partial charge in [-0.25, -0.2) is 4.98 Å². The number of nitrogens with one attached hydrogen (secondary N) is 1. The molecular formula is C13H10N2O2S. The summed E-state index contributed by atoms with van der Waals surface area (Å²) in [5.74, 6) is -0.150. The lowest BCUT2D eigenvalue weighted by molar-refractivity contribution is 0.0950. The molecular weight excluding hydrogens is 248 g/mol. The van der Waals surface area contributed by atoms with Crippen molar-refractivity contribution >= 4 is 27.5 Å². The van der Waals surface area contributed by atoms with E-state index in [2.05, 4.69) is 10.3 Å². The number of carbonyl (C=O) groups is 1. The molecule has 0 radical (unpaired) electrons. The largest absolute Gasteiger partial charge is 0.472 e. The van der Waals surface area contributed by atoms with Crippen molar-refractivity contribution in [2.24, 2.45) is 0 Å².